The molecule has 1 aromatic rings. The van der Waals surface area contributed by atoms with E-state index < -0.39 is 0 Å². The first-order valence-electron chi connectivity index (χ1n) is 6.73. The van der Waals surface area contributed by atoms with E-state index >= 15 is 0 Å². The third kappa shape index (κ3) is 3.83. The van der Waals surface area contributed by atoms with Crippen LogP contribution in [0.3, 0.4) is 0 Å². The van der Waals surface area contributed by atoms with Crippen LogP contribution in [0, 0.1) is 6.92 Å². The lowest BCUT2D eigenvalue weighted by Crippen LogP contribution is -2.31. The minimum atomic E-state index is -0.308. The number of benzene rings is 1. The van der Waals surface area contributed by atoms with Gasteiger partial charge in [-0.25, -0.2) is 0 Å². The van der Waals surface area contributed by atoms with Crippen LogP contribution in [0.4, 0.5) is 0 Å². The number of rotatable bonds is 4. The standard InChI is InChI=1S/C15H23NO/c1-13-5-7-14(8-6-13)15(17)9-12-16-10-3-2-4-11-16/h5-8,15,17H,2-4,9-12H2,1H3. The van der Waals surface area contributed by atoms with Crippen molar-refractivity contribution in [3.8, 4) is 0 Å². The molecule has 1 aliphatic rings. The Labute approximate surface area is 104 Å². The smallest absolute Gasteiger partial charge is 0.0802 e. The van der Waals surface area contributed by atoms with Crippen molar-refractivity contribution in [2.75, 3.05) is 19.6 Å². The number of aliphatic hydroxyl groups excluding tert-OH is 1. The number of aryl methyl sites for hydroxylation is 1. The van der Waals surface area contributed by atoms with Crippen LogP contribution in [0.5, 0.6) is 0 Å². The van der Waals surface area contributed by atoms with Gasteiger partial charge in [0.25, 0.3) is 0 Å². The zero-order chi connectivity index (χ0) is 12.1. The molecule has 1 saturated heterocycles. The second-order valence-electron chi connectivity index (χ2n) is 5.12. The topological polar surface area (TPSA) is 23.5 Å². The van der Waals surface area contributed by atoms with Crippen molar-refractivity contribution in [3.63, 3.8) is 0 Å². The lowest BCUT2D eigenvalue weighted by Gasteiger charge is -2.27. The summed E-state index contributed by atoms with van der Waals surface area (Å²) in [7, 11) is 0. The maximum Gasteiger partial charge on any atom is 0.0802 e. The summed E-state index contributed by atoms with van der Waals surface area (Å²) >= 11 is 0. The molecule has 1 heterocycles. The van der Waals surface area contributed by atoms with Crippen LogP contribution in [-0.4, -0.2) is 29.6 Å². The Bertz CT molecular complexity index is 327. The van der Waals surface area contributed by atoms with E-state index in [0.717, 1.165) is 18.5 Å². The van der Waals surface area contributed by atoms with Crippen molar-refractivity contribution in [2.24, 2.45) is 0 Å². The summed E-state index contributed by atoms with van der Waals surface area (Å²) in [5.41, 5.74) is 2.30. The molecule has 0 aromatic heterocycles. The van der Waals surface area contributed by atoms with Gasteiger partial charge in [-0.15, -0.1) is 0 Å². The van der Waals surface area contributed by atoms with E-state index in [1.807, 2.05) is 12.1 Å². The highest BCUT2D eigenvalue weighted by Gasteiger charge is 2.13. The van der Waals surface area contributed by atoms with Crippen LogP contribution in [0.15, 0.2) is 24.3 Å². The molecule has 2 nitrogen and oxygen atoms in total. The van der Waals surface area contributed by atoms with Crippen molar-refractivity contribution in [1.82, 2.24) is 4.90 Å². The van der Waals surface area contributed by atoms with Crippen molar-refractivity contribution in [2.45, 2.75) is 38.7 Å². The molecule has 1 aliphatic heterocycles. The third-order valence-electron chi connectivity index (χ3n) is 3.63. The molecule has 17 heavy (non-hydrogen) atoms. The van der Waals surface area contributed by atoms with Gasteiger partial charge in [0, 0.05) is 6.54 Å². The Balaban J connectivity index is 1.80. The Morgan fingerprint density at radius 1 is 1.12 bits per heavy atom. The zero-order valence-corrected chi connectivity index (χ0v) is 10.7. The lowest BCUT2D eigenvalue weighted by atomic mass is 10.0. The molecular formula is C15H23NO. The highest BCUT2D eigenvalue weighted by atomic mass is 16.3. The lowest BCUT2D eigenvalue weighted by molar-refractivity contribution is 0.134. The molecule has 0 spiro atoms. The monoisotopic (exact) mass is 233 g/mol. The summed E-state index contributed by atoms with van der Waals surface area (Å²) in [5, 5.41) is 10.1. The normalized spacial score (nSPS) is 19.2. The van der Waals surface area contributed by atoms with Crippen LogP contribution < -0.4 is 0 Å². The summed E-state index contributed by atoms with van der Waals surface area (Å²) < 4.78 is 0. The van der Waals surface area contributed by atoms with Gasteiger partial charge in [0.15, 0.2) is 0 Å². The van der Waals surface area contributed by atoms with Gasteiger partial charge >= 0.3 is 0 Å². The predicted molar refractivity (Wildman–Crippen MR) is 71.0 cm³/mol. The zero-order valence-electron chi connectivity index (χ0n) is 10.7. The Morgan fingerprint density at radius 3 is 2.41 bits per heavy atom. The fourth-order valence-corrected chi connectivity index (χ4v) is 2.44. The Hall–Kier alpha value is -0.860. The molecule has 1 fully saturated rings. The first-order valence-corrected chi connectivity index (χ1v) is 6.73. The average Bonchev–Trinajstić information content (AvgIpc) is 2.38. The molecule has 0 saturated carbocycles. The SMILES string of the molecule is Cc1ccc(C(O)CCN2CCCCC2)cc1. The molecule has 2 heteroatoms. The van der Waals surface area contributed by atoms with Crippen LogP contribution in [0.1, 0.15) is 42.9 Å². The van der Waals surface area contributed by atoms with Gasteiger partial charge in [0.05, 0.1) is 6.10 Å². The molecule has 0 aliphatic carbocycles. The third-order valence-corrected chi connectivity index (χ3v) is 3.63. The fraction of sp³-hybridized carbons (Fsp3) is 0.600. The first kappa shape index (κ1) is 12.6. The largest absolute Gasteiger partial charge is 0.388 e. The van der Waals surface area contributed by atoms with Crippen LogP contribution >= 0.6 is 0 Å². The van der Waals surface area contributed by atoms with E-state index in [0.29, 0.717) is 0 Å². The predicted octanol–water partition coefficient (Wildman–Crippen LogP) is 2.90. The van der Waals surface area contributed by atoms with Crippen molar-refractivity contribution >= 4 is 0 Å². The van der Waals surface area contributed by atoms with E-state index in [1.165, 1.54) is 37.9 Å². The summed E-state index contributed by atoms with van der Waals surface area (Å²) in [6.07, 6.45) is 4.55. The van der Waals surface area contributed by atoms with E-state index in [4.69, 9.17) is 0 Å². The molecule has 1 unspecified atom stereocenters. The Morgan fingerprint density at radius 2 is 1.76 bits per heavy atom. The maximum atomic E-state index is 10.1. The molecule has 1 atom stereocenters. The first-order chi connectivity index (χ1) is 8.25. The van der Waals surface area contributed by atoms with E-state index in [2.05, 4.69) is 24.0 Å². The Kier molecular flexibility index (Phi) is 4.57. The average molecular weight is 233 g/mol. The summed E-state index contributed by atoms with van der Waals surface area (Å²) in [4.78, 5) is 2.47. The number of hydrogen-bond donors (Lipinski definition) is 1. The fourth-order valence-electron chi connectivity index (χ4n) is 2.44. The maximum absolute atomic E-state index is 10.1. The minimum absolute atomic E-state index is 0.308. The second kappa shape index (κ2) is 6.18. The van der Waals surface area contributed by atoms with Gasteiger partial charge < -0.3 is 10.0 Å². The van der Waals surface area contributed by atoms with Crippen molar-refractivity contribution in [3.05, 3.63) is 35.4 Å². The quantitative estimate of drug-likeness (QED) is 0.864. The van der Waals surface area contributed by atoms with Gasteiger partial charge in [-0.3, -0.25) is 0 Å². The molecule has 0 radical (unpaired) electrons. The van der Waals surface area contributed by atoms with Gasteiger partial charge in [0.2, 0.25) is 0 Å². The summed E-state index contributed by atoms with van der Waals surface area (Å²) in [6.45, 7) is 5.51. The molecule has 1 aromatic carbocycles. The van der Waals surface area contributed by atoms with Gasteiger partial charge in [-0.1, -0.05) is 36.2 Å². The number of piperidine rings is 1. The van der Waals surface area contributed by atoms with Crippen molar-refractivity contribution < 1.29 is 5.11 Å². The van der Waals surface area contributed by atoms with Gasteiger partial charge in [-0.05, 0) is 44.8 Å². The molecule has 0 amide bonds. The highest BCUT2D eigenvalue weighted by molar-refractivity contribution is 5.22. The molecule has 1 N–H and O–H groups in total. The van der Waals surface area contributed by atoms with Gasteiger partial charge in [0.1, 0.15) is 0 Å². The highest BCUT2D eigenvalue weighted by Crippen LogP contribution is 2.18. The summed E-state index contributed by atoms with van der Waals surface area (Å²) in [6, 6.07) is 8.21. The number of nitrogens with zero attached hydrogens (tertiary/aromatic N) is 1. The van der Waals surface area contributed by atoms with Crippen LogP contribution in [0.2, 0.25) is 0 Å². The molecule has 0 bridgehead atoms. The van der Waals surface area contributed by atoms with Crippen LogP contribution in [0.25, 0.3) is 0 Å². The number of hydrogen-bond acceptors (Lipinski definition) is 2. The van der Waals surface area contributed by atoms with Gasteiger partial charge in [-0.2, -0.15) is 0 Å². The molecular weight excluding hydrogens is 210 g/mol. The molecule has 2 rings (SSSR count). The minimum Gasteiger partial charge on any atom is -0.388 e. The number of aliphatic hydroxyl groups is 1. The van der Waals surface area contributed by atoms with E-state index in [1.54, 1.807) is 0 Å². The van der Waals surface area contributed by atoms with E-state index in [-0.39, 0.29) is 6.10 Å². The van der Waals surface area contributed by atoms with E-state index in [9.17, 15) is 5.11 Å². The van der Waals surface area contributed by atoms with Crippen molar-refractivity contribution in [1.29, 1.82) is 0 Å². The van der Waals surface area contributed by atoms with Crippen LogP contribution in [-0.2, 0) is 0 Å². The second-order valence-corrected chi connectivity index (χ2v) is 5.12. The summed E-state index contributed by atoms with van der Waals surface area (Å²) in [5.74, 6) is 0. The molecule has 94 valence electrons. The number of likely N-dealkylation sites (tertiary alicyclic amines) is 1.